The lowest BCUT2D eigenvalue weighted by Crippen LogP contribution is -2.32. The van der Waals surface area contributed by atoms with Crippen LogP contribution in [0.25, 0.3) is 28.0 Å². The first-order valence-corrected chi connectivity index (χ1v) is 10.7. The first kappa shape index (κ1) is 21.7. The first-order chi connectivity index (χ1) is 16.3. The van der Waals surface area contributed by atoms with Gasteiger partial charge in [-0.15, -0.1) is 0 Å². The van der Waals surface area contributed by atoms with Gasteiger partial charge in [0.1, 0.15) is 28.9 Å². The number of hydrogen-bond acceptors (Lipinski definition) is 5. The highest BCUT2D eigenvalue weighted by Gasteiger charge is 2.30. The van der Waals surface area contributed by atoms with Gasteiger partial charge in [-0.1, -0.05) is 0 Å². The van der Waals surface area contributed by atoms with Crippen molar-refractivity contribution in [3.63, 3.8) is 0 Å². The van der Waals surface area contributed by atoms with Crippen molar-refractivity contribution in [1.82, 2.24) is 24.2 Å². The SMILES string of the molecule is Cc1c(C(=O)N2CC[C@H](N)C2)nc(-c2ccc(C#N)c(F)c2)n1-c1cc(F)c2nn(C)cc2c1. The van der Waals surface area contributed by atoms with E-state index in [9.17, 15) is 13.6 Å². The molecular formula is C24H21F2N7O. The van der Waals surface area contributed by atoms with E-state index in [-0.39, 0.29) is 34.5 Å². The number of benzene rings is 2. The number of imidazole rings is 1. The fourth-order valence-electron chi connectivity index (χ4n) is 4.41. The van der Waals surface area contributed by atoms with Crippen molar-refractivity contribution in [3.05, 3.63) is 65.1 Å². The number of nitriles is 1. The number of likely N-dealkylation sites (tertiary alicyclic amines) is 1. The molecule has 0 aliphatic carbocycles. The van der Waals surface area contributed by atoms with E-state index in [1.165, 1.54) is 22.9 Å². The molecule has 0 unspecified atom stereocenters. The molecule has 3 heterocycles. The van der Waals surface area contributed by atoms with E-state index in [4.69, 9.17) is 11.0 Å². The highest BCUT2D eigenvalue weighted by atomic mass is 19.1. The summed E-state index contributed by atoms with van der Waals surface area (Å²) in [6, 6.07) is 8.85. The number of nitrogens with two attached hydrogens (primary N) is 1. The van der Waals surface area contributed by atoms with Crippen LogP contribution < -0.4 is 5.73 Å². The van der Waals surface area contributed by atoms with Gasteiger partial charge in [0.05, 0.1) is 16.9 Å². The number of carbonyl (C=O) groups excluding carboxylic acids is 1. The minimum atomic E-state index is -0.709. The monoisotopic (exact) mass is 461 g/mol. The van der Waals surface area contributed by atoms with E-state index in [0.717, 1.165) is 0 Å². The molecule has 1 atom stereocenters. The quantitative estimate of drug-likeness (QED) is 0.505. The van der Waals surface area contributed by atoms with Gasteiger partial charge in [-0.25, -0.2) is 13.8 Å². The smallest absolute Gasteiger partial charge is 0.274 e. The zero-order valence-corrected chi connectivity index (χ0v) is 18.6. The van der Waals surface area contributed by atoms with Gasteiger partial charge in [0.2, 0.25) is 0 Å². The van der Waals surface area contributed by atoms with Crippen LogP contribution in [0.2, 0.25) is 0 Å². The predicted molar refractivity (Wildman–Crippen MR) is 121 cm³/mol. The van der Waals surface area contributed by atoms with Crippen LogP contribution in [0.15, 0.2) is 36.5 Å². The van der Waals surface area contributed by atoms with Gasteiger partial charge >= 0.3 is 0 Å². The van der Waals surface area contributed by atoms with E-state index in [2.05, 4.69) is 10.1 Å². The minimum Gasteiger partial charge on any atom is -0.336 e. The largest absolute Gasteiger partial charge is 0.336 e. The Morgan fingerprint density at radius 2 is 2.03 bits per heavy atom. The van der Waals surface area contributed by atoms with Crippen molar-refractivity contribution in [2.24, 2.45) is 12.8 Å². The second-order valence-corrected chi connectivity index (χ2v) is 8.48. The summed E-state index contributed by atoms with van der Waals surface area (Å²) in [7, 11) is 1.70. The molecule has 0 radical (unpaired) electrons. The molecule has 1 fully saturated rings. The molecule has 1 amide bonds. The molecule has 1 saturated heterocycles. The molecule has 1 aliphatic heterocycles. The van der Waals surface area contributed by atoms with Crippen molar-refractivity contribution in [1.29, 1.82) is 5.26 Å². The Morgan fingerprint density at radius 1 is 1.24 bits per heavy atom. The fourth-order valence-corrected chi connectivity index (χ4v) is 4.41. The molecule has 0 saturated carbocycles. The van der Waals surface area contributed by atoms with Crippen molar-refractivity contribution in [3.8, 4) is 23.1 Å². The molecule has 8 nitrogen and oxygen atoms in total. The molecule has 34 heavy (non-hydrogen) atoms. The molecule has 2 N–H and O–H groups in total. The van der Waals surface area contributed by atoms with Gasteiger partial charge in [-0.2, -0.15) is 10.4 Å². The van der Waals surface area contributed by atoms with Gasteiger partial charge in [0.25, 0.3) is 5.91 Å². The lowest BCUT2D eigenvalue weighted by atomic mass is 10.1. The fraction of sp³-hybridized carbons (Fsp3) is 0.250. The van der Waals surface area contributed by atoms with Crippen LogP contribution in [0.3, 0.4) is 0 Å². The average Bonchev–Trinajstić information content (AvgIpc) is 3.49. The summed E-state index contributed by atoms with van der Waals surface area (Å²) >= 11 is 0. The molecule has 5 rings (SSSR count). The van der Waals surface area contributed by atoms with E-state index in [1.807, 2.05) is 0 Å². The average molecular weight is 461 g/mol. The van der Waals surface area contributed by atoms with Crippen LogP contribution in [0.1, 0.15) is 28.2 Å². The third-order valence-electron chi connectivity index (χ3n) is 6.09. The number of hydrogen-bond donors (Lipinski definition) is 1. The molecule has 1 aliphatic rings. The van der Waals surface area contributed by atoms with Gasteiger partial charge in [-0.05, 0) is 37.6 Å². The number of halogens is 2. The number of carbonyl (C=O) groups is 1. The third kappa shape index (κ3) is 3.50. The van der Waals surface area contributed by atoms with E-state index < -0.39 is 11.6 Å². The van der Waals surface area contributed by atoms with Crippen LogP contribution in [-0.4, -0.2) is 49.3 Å². The van der Waals surface area contributed by atoms with Crippen LogP contribution in [0, 0.1) is 29.9 Å². The highest BCUT2D eigenvalue weighted by Crippen LogP contribution is 2.31. The summed E-state index contributed by atoms with van der Waals surface area (Å²) in [5.41, 5.74) is 7.51. The predicted octanol–water partition coefficient (Wildman–Crippen LogP) is 3.06. The molecule has 172 valence electrons. The number of rotatable bonds is 3. The van der Waals surface area contributed by atoms with Gasteiger partial charge in [0, 0.05) is 49.4 Å². The number of aryl methyl sites for hydroxylation is 1. The van der Waals surface area contributed by atoms with Crippen LogP contribution in [0.4, 0.5) is 8.78 Å². The Morgan fingerprint density at radius 3 is 2.71 bits per heavy atom. The zero-order chi connectivity index (χ0) is 24.1. The highest BCUT2D eigenvalue weighted by molar-refractivity contribution is 5.95. The van der Waals surface area contributed by atoms with Gasteiger partial charge in [0.15, 0.2) is 5.82 Å². The van der Waals surface area contributed by atoms with Crippen LogP contribution >= 0.6 is 0 Å². The second-order valence-electron chi connectivity index (χ2n) is 8.48. The Hall–Kier alpha value is -4.10. The Balaban J connectivity index is 1.72. The molecule has 2 aromatic heterocycles. The normalized spacial score (nSPS) is 15.8. The van der Waals surface area contributed by atoms with Crippen molar-refractivity contribution in [2.75, 3.05) is 13.1 Å². The van der Waals surface area contributed by atoms with Crippen molar-refractivity contribution < 1.29 is 13.6 Å². The first-order valence-electron chi connectivity index (χ1n) is 10.7. The summed E-state index contributed by atoms with van der Waals surface area (Å²) in [4.78, 5) is 19.5. The second kappa shape index (κ2) is 8.04. The van der Waals surface area contributed by atoms with E-state index in [0.29, 0.717) is 41.8 Å². The van der Waals surface area contributed by atoms with E-state index in [1.54, 1.807) is 47.8 Å². The molecular weight excluding hydrogens is 440 g/mol. The lowest BCUT2D eigenvalue weighted by molar-refractivity contribution is 0.0785. The van der Waals surface area contributed by atoms with Crippen molar-refractivity contribution in [2.45, 2.75) is 19.4 Å². The topological polar surface area (TPSA) is 106 Å². The maximum Gasteiger partial charge on any atom is 0.274 e. The maximum absolute atomic E-state index is 14.9. The minimum absolute atomic E-state index is 0.0967. The summed E-state index contributed by atoms with van der Waals surface area (Å²) in [5.74, 6) is -1.27. The summed E-state index contributed by atoms with van der Waals surface area (Å²) in [6.07, 6.45) is 2.38. The van der Waals surface area contributed by atoms with Crippen molar-refractivity contribution >= 4 is 16.8 Å². The number of aromatic nitrogens is 4. The van der Waals surface area contributed by atoms with Crippen LogP contribution in [-0.2, 0) is 7.05 Å². The number of nitrogens with zero attached hydrogens (tertiary/aromatic N) is 6. The lowest BCUT2D eigenvalue weighted by Gasteiger charge is -2.15. The Kier molecular flexibility index (Phi) is 5.14. The van der Waals surface area contributed by atoms with Gasteiger partial charge in [-0.3, -0.25) is 14.0 Å². The number of fused-ring (bicyclic) bond motifs is 1. The Labute approximate surface area is 193 Å². The molecule has 4 aromatic rings. The molecule has 0 spiro atoms. The molecule has 10 heteroatoms. The standard InChI is InChI=1S/C24H21F2N7O/c1-13-21(24(34)32-6-5-17(28)12-32)29-23(14-3-4-15(10-27)19(25)8-14)33(13)18-7-16-11-31(2)30-22(16)20(26)9-18/h3-4,7-9,11,17H,5-6,12,28H2,1-2H3/t17-/m0/s1. The summed E-state index contributed by atoms with van der Waals surface area (Å²) in [5, 5.41) is 13.8. The zero-order valence-electron chi connectivity index (χ0n) is 18.6. The van der Waals surface area contributed by atoms with Gasteiger partial charge < -0.3 is 10.6 Å². The van der Waals surface area contributed by atoms with Crippen LogP contribution in [0.5, 0.6) is 0 Å². The van der Waals surface area contributed by atoms with E-state index >= 15 is 0 Å². The maximum atomic E-state index is 14.9. The Bertz CT molecular complexity index is 1500. The third-order valence-corrected chi connectivity index (χ3v) is 6.09. The molecule has 2 aromatic carbocycles. The molecule has 0 bridgehead atoms. The number of amides is 1. The summed E-state index contributed by atoms with van der Waals surface area (Å²) in [6.45, 7) is 2.65. The summed E-state index contributed by atoms with van der Waals surface area (Å²) < 4.78 is 32.6.